The van der Waals surface area contributed by atoms with Crippen molar-refractivity contribution in [1.29, 1.82) is 0 Å². The maximum Gasteiger partial charge on any atom is 0.268 e. The fourth-order valence-corrected chi connectivity index (χ4v) is 1.71. The van der Waals surface area contributed by atoms with E-state index in [9.17, 15) is 4.79 Å². The Bertz CT molecular complexity index is 689. The summed E-state index contributed by atoms with van der Waals surface area (Å²) in [7, 11) is 1.49. The molecule has 0 aliphatic heterocycles. The number of benzene rings is 1. The molecule has 0 amide bonds. The number of nitrogens with one attached hydrogen (secondary N) is 1. The Balaban J connectivity index is 2.78. The lowest BCUT2D eigenvalue weighted by molar-refractivity contribution is 0.253. The molecule has 0 bridgehead atoms. The van der Waals surface area contributed by atoms with Crippen molar-refractivity contribution in [1.82, 2.24) is 4.98 Å². The van der Waals surface area contributed by atoms with Crippen molar-refractivity contribution < 1.29 is 9.84 Å². The van der Waals surface area contributed by atoms with Gasteiger partial charge in [-0.3, -0.25) is 4.79 Å². The summed E-state index contributed by atoms with van der Waals surface area (Å²) >= 11 is 0. The van der Waals surface area contributed by atoms with Gasteiger partial charge in [0, 0.05) is 5.39 Å². The van der Waals surface area contributed by atoms with Crippen LogP contribution >= 0.6 is 0 Å². The molecule has 0 fully saturated rings. The van der Waals surface area contributed by atoms with Crippen molar-refractivity contribution in [2.45, 2.75) is 13.0 Å². The molecule has 1 aromatic carbocycles. The lowest BCUT2D eigenvalue weighted by Gasteiger charge is -2.07. The summed E-state index contributed by atoms with van der Waals surface area (Å²) in [5, 5.41) is 9.94. The number of rotatable bonds is 1. The molecule has 2 N–H and O–H groups in total. The summed E-state index contributed by atoms with van der Waals surface area (Å²) in [5.74, 6) is 5.64. The fourth-order valence-electron chi connectivity index (χ4n) is 1.71. The number of hydrogen-bond acceptors (Lipinski definition) is 3. The average Bonchev–Trinajstić information content (AvgIpc) is 2.35. The van der Waals surface area contributed by atoms with Crippen molar-refractivity contribution in [2.24, 2.45) is 0 Å². The Labute approximate surface area is 104 Å². The molecule has 4 heteroatoms. The molecule has 1 unspecified atom stereocenters. The number of methoxy groups -OCH3 is 1. The summed E-state index contributed by atoms with van der Waals surface area (Å²) in [6.07, 6.45) is -0.791. The van der Waals surface area contributed by atoms with Gasteiger partial charge in [0.2, 0.25) is 0 Å². The van der Waals surface area contributed by atoms with E-state index in [1.165, 1.54) is 14.0 Å². The van der Waals surface area contributed by atoms with Crippen molar-refractivity contribution >= 4 is 10.9 Å². The van der Waals surface area contributed by atoms with Crippen LogP contribution in [0.25, 0.3) is 10.9 Å². The minimum Gasteiger partial charge on any atom is -0.495 e. The van der Waals surface area contributed by atoms with E-state index < -0.39 is 6.10 Å². The third-order valence-corrected chi connectivity index (χ3v) is 2.48. The Morgan fingerprint density at radius 3 is 2.78 bits per heavy atom. The van der Waals surface area contributed by atoms with Crippen LogP contribution in [0.3, 0.4) is 0 Å². The van der Waals surface area contributed by atoms with Gasteiger partial charge in [0.1, 0.15) is 17.4 Å². The molecule has 1 heterocycles. The molecule has 0 spiro atoms. The van der Waals surface area contributed by atoms with Crippen LogP contribution in [-0.2, 0) is 0 Å². The smallest absolute Gasteiger partial charge is 0.268 e. The first kappa shape index (κ1) is 12.2. The number of para-hydroxylation sites is 1. The summed E-state index contributed by atoms with van der Waals surface area (Å²) in [6, 6.07) is 7.33. The van der Waals surface area contributed by atoms with Crippen molar-refractivity contribution in [2.75, 3.05) is 7.11 Å². The SMILES string of the molecule is COc1c(C#CC(C)O)c(=O)[nH]c2ccccc12. The van der Waals surface area contributed by atoms with Crippen molar-refractivity contribution in [3.63, 3.8) is 0 Å². The van der Waals surface area contributed by atoms with E-state index in [2.05, 4.69) is 16.8 Å². The second kappa shape index (κ2) is 4.94. The lowest BCUT2D eigenvalue weighted by atomic mass is 10.1. The predicted molar refractivity (Wildman–Crippen MR) is 69.7 cm³/mol. The molecular formula is C14H13NO3. The molecule has 0 radical (unpaired) electrons. The van der Waals surface area contributed by atoms with E-state index in [-0.39, 0.29) is 11.1 Å². The molecule has 0 aliphatic rings. The Kier molecular flexibility index (Phi) is 3.35. The highest BCUT2D eigenvalue weighted by molar-refractivity contribution is 5.87. The number of aliphatic hydroxyl groups excluding tert-OH is 1. The summed E-state index contributed by atoms with van der Waals surface area (Å²) < 4.78 is 5.27. The van der Waals surface area contributed by atoms with E-state index in [0.29, 0.717) is 11.3 Å². The first-order valence-electron chi connectivity index (χ1n) is 5.52. The van der Waals surface area contributed by atoms with E-state index in [0.717, 1.165) is 5.39 Å². The van der Waals surface area contributed by atoms with Gasteiger partial charge in [-0.2, -0.15) is 0 Å². The highest BCUT2D eigenvalue weighted by Crippen LogP contribution is 2.24. The molecule has 2 rings (SSSR count). The van der Waals surface area contributed by atoms with Crippen LogP contribution in [0.15, 0.2) is 29.1 Å². The van der Waals surface area contributed by atoms with E-state index in [1.54, 1.807) is 6.07 Å². The number of ether oxygens (including phenoxy) is 1. The van der Waals surface area contributed by atoms with Gasteiger partial charge in [-0.25, -0.2) is 0 Å². The molecule has 1 atom stereocenters. The highest BCUT2D eigenvalue weighted by atomic mass is 16.5. The first-order valence-corrected chi connectivity index (χ1v) is 5.52. The Morgan fingerprint density at radius 2 is 2.11 bits per heavy atom. The Morgan fingerprint density at radius 1 is 1.39 bits per heavy atom. The molecule has 2 aromatic rings. The standard InChI is InChI=1S/C14H13NO3/c1-9(16)7-8-11-13(18-2)10-5-3-4-6-12(10)15-14(11)17/h3-6,9,16H,1-2H3,(H,15,17). The van der Waals surface area contributed by atoms with Crippen LogP contribution in [0.4, 0.5) is 0 Å². The second-order valence-corrected chi connectivity index (χ2v) is 3.85. The Hall–Kier alpha value is -2.25. The van der Waals surface area contributed by atoms with Crippen LogP contribution in [0, 0.1) is 11.8 Å². The first-order chi connectivity index (χ1) is 8.63. The van der Waals surface area contributed by atoms with Gasteiger partial charge in [-0.15, -0.1) is 0 Å². The summed E-state index contributed by atoms with van der Waals surface area (Å²) in [5.41, 5.74) is 0.609. The van der Waals surface area contributed by atoms with Gasteiger partial charge >= 0.3 is 0 Å². The molecule has 1 aromatic heterocycles. The van der Waals surface area contributed by atoms with Crippen LogP contribution in [0.2, 0.25) is 0 Å². The monoisotopic (exact) mass is 243 g/mol. The molecule has 0 aliphatic carbocycles. The zero-order chi connectivity index (χ0) is 13.1. The maximum atomic E-state index is 11.9. The van der Waals surface area contributed by atoms with Crippen LogP contribution in [0.1, 0.15) is 12.5 Å². The average molecular weight is 243 g/mol. The molecule has 4 nitrogen and oxygen atoms in total. The number of aromatic nitrogens is 1. The number of aromatic amines is 1. The molecule has 92 valence electrons. The minimum atomic E-state index is -0.791. The highest BCUT2D eigenvalue weighted by Gasteiger charge is 2.10. The quantitative estimate of drug-likeness (QED) is 0.741. The third kappa shape index (κ3) is 2.22. The second-order valence-electron chi connectivity index (χ2n) is 3.85. The number of H-pyrrole nitrogens is 1. The predicted octanol–water partition coefficient (Wildman–Crippen LogP) is 1.27. The maximum absolute atomic E-state index is 11.9. The van der Waals surface area contributed by atoms with Gasteiger partial charge in [0.15, 0.2) is 0 Å². The summed E-state index contributed by atoms with van der Waals surface area (Å²) in [6.45, 7) is 1.54. The minimum absolute atomic E-state index is 0.233. The molecule has 18 heavy (non-hydrogen) atoms. The molecular weight excluding hydrogens is 230 g/mol. The lowest BCUT2D eigenvalue weighted by Crippen LogP contribution is -2.12. The summed E-state index contributed by atoms with van der Waals surface area (Å²) in [4.78, 5) is 14.6. The van der Waals surface area contributed by atoms with Gasteiger partial charge in [0.25, 0.3) is 5.56 Å². The molecule has 0 saturated heterocycles. The number of pyridine rings is 1. The number of fused-ring (bicyclic) bond motifs is 1. The van der Waals surface area contributed by atoms with E-state index in [4.69, 9.17) is 9.84 Å². The van der Waals surface area contributed by atoms with E-state index >= 15 is 0 Å². The van der Waals surface area contributed by atoms with Gasteiger partial charge in [0.05, 0.1) is 12.6 Å². The van der Waals surface area contributed by atoms with Crippen molar-refractivity contribution in [3.8, 4) is 17.6 Å². The largest absolute Gasteiger partial charge is 0.495 e. The zero-order valence-electron chi connectivity index (χ0n) is 10.2. The van der Waals surface area contributed by atoms with Gasteiger partial charge in [-0.1, -0.05) is 24.0 Å². The fraction of sp³-hybridized carbons (Fsp3) is 0.214. The zero-order valence-corrected chi connectivity index (χ0v) is 10.2. The van der Waals surface area contributed by atoms with Gasteiger partial charge in [-0.05, 0) is 19.1 Å². The topological polar surface area (TPSA) is 62.3 Å². The van der Waals surface area contributed by atoms with Gasteiger partial charge < -0.3 is 14.8 Å². The van der Waals surface area contributed by atoms with Crippen LogP contribution in [-0.4, -0.2) is 23.3 Å². The van der Waals surface area contributed by atoms with Crippen molar-refractivity contribution in [3.05, 3.63) is 40.2 Å². The third-order valence-electron chi connectivity index (χ3n) is 2.48. The normalized spacial score (nSPS) is 11.7. The van der Waals surface area contributed by atoms with Crippen LogP contribution in [0.5, 0.6) is 5.75 Å². The van der Waals surface area contributed by atoms with E-state index in [1.807, 2.05) is 18.2 Å². The number of hydrogen-bond donors (Lipinski definition) is 2. The molecule has 0 saturated carbocycles. The van der Waals surface area contributed by atoms with Crippen LogP contribution < -0.4 is 10.3 Å². The number of aliphatic hydroxyl groups is 1.